The van der Waals surface area contributed by atoms with Gasteiger partial charge in [-0.25, -0.2) is 4.98 Å². The average molecular weight is 289 g/mol. The van der Waals surface area contributed by atoms with Crippen molar-refractivity contribution in [2.45, 2.75) is 84.7 Å². The van der Waals surface area contributed by atoms with Gasteiger partial charge in [0, 0.05) is 36.7 Å². The van der Waals surface area contributed by atoms with Gasteiger partial charge in [-0.05, 0) is 24.7 Å². The van der Waals surface area contributed by atoms with Crippen molar-refractivity contribution < 1.29 is 0 Å². The first-order chi connectivity index (χ1) is 9.78. The summed E-state index contributed by atoms with van der Waals surface area (Å²) >= 11 is 0. The number of rotatable bonds is 1. The topological polar surface area (TPSA) is 29.9 Å². The lowest BCUT2D eigenvalue weighted by molar-refractivity contribution is 0.176. The van der Waals surface area contributed by atoms with Crippen molar-refractivity contribution in [2.24, 2.45) is 5.41 Å². The Morgan fingerprint density at radius 1 is 1.29 bits per heavy atom. The van der Waals surface area contributed by atoms with E-state index in [1.54, 1.807) is 0 Å². The quantitative estimate of drug-likeness (QED) is 0.848. The van der Waals surface area contributed by atoms with E-state index in [-0.39, 0.29) is 5.41 Å². The van der Waals surface area contributed by atoms with Gasteiger partial charge in [-0.15, -0.1) is 0 Å². The maximum Gasteiger partial charge on any atom is 0.114 e. The molecule has 1 N–H and O–H groups in total. The molecular formula is C18H31N3. The summed E-state index contributed by atoms with van der Waals surface area (Å²) in [6, 6.07) is 0.650. The molecule has 0 amide bonds. The van der Waals surface area contributed by atoms with Gasteiger partial charge in [0.05, 0.1) is 5.69 Å². The molecule has 3 heteroatoms. The fourth-order valence-electron chi connectivity index (χ4n) is 4.13. The minimum absolute atomic E-state index is 0.124. The van der Waals surface area contributed by atoms with Gasteiger partial charge in [0.1, 0.15) is 5.82 Å². The first-order valence-corrected chi connectivity index (χ1v) is 8.59. The zero-order valence-electron chi connectivity index (χ0n) is 14.4. The van der Waals surface area contributed by atoms with Gasteiger partial charge in [0.15, 0.2) is 0 Å². The fraction of sp³-hybridized carbons (Fsp3) is 0.833. The number of imidazole rings is 1. The molecule has 3 nitrogen and oxygen atoms in total. The molecule has 21 heavy (non-hydrogen) atoms. The van der Waals surface area contributed by atoms with Gasteiger partial charge in [-0.2, -0.15) is 0 Å². The molecule has 1 aliphatic heterocycles. The van der Waals surface area contributed by atoms with E-state index in [1.807, 2.05) is 0 Å². The molecule has 0 saturated heterocycles. The van der Waals surface area contributed by atoms with E-state index in [9.17, 15) is 0 Å². The average Bonchev–Trinajstić information content (AvgIpc) is 2.76. The summed E-state index contributed by atoms with van der Waals surface area (Å²) in [5.74, 6) is 1.30. The van der Waals surface area contributed by atoms with Gasteiger partial charge in [-0.1, -0.05) is 41.0 Å². The predicted molar refractivity (Wildman–Crippen MR) is 87.6 cm³/mol. The van der Waals surface area contributed by atoms with Crippen LogP contribution in [-0.4, -0.2) is 16.1 Å². The highest BCUT2D eigenvalue weighted by molar-refractivity contribution is 5.25. The van der Waals surface area contributed by atoms with Crippen molar-refractivity contribution in [3.05, 3.63) is 17.2 Å². The van der Waals surface area contributed by atoms with E-state index in [0.29, 0.717) is 11.5 Å². The molecule has 1 atom stereocenters. The van der Waals surface area contributed by atoms with Gasteiger partial charge >= 0.3 is 0 Å². The third kappa shape index (κ3) is 2.90. The number of hydrogen-bond donors (Lipinski definition) is 1. The highest BCUT2D eigenvalue weighted by Gasteiger charge is 2.35. The Morgan fingerprint density at radius 2 is 2.05 bits per heavy atom. The molecule has 1 saturated carbocycles. The Kier molecular flexibility index (Phi) is 3.67. The molecule has 1 aromatic heterocycles. The van der Waals surface area contributed by atoms with Crippen molar-refractivity contribution in [3.63, 3.8) is 0 Å². The van der Waals surface area contributed by atoms with Crippen molar-refractivity contribution in [2.75, 3.05) is 6.54 Å². The molecule has 2 aliphatic rings. The van der Waals surface area contributed by atoms with Gasteiger partial charge in [-0.3, -0.25) is 0 Å². The SMILES string of the molecule is CC1(C)CCCC(n2c(C(C)(C)C)nc3c2CCNC3)C1. The third-order valence-corrected chi connectivity index (χ3v) is 5.14. The second-order valence-corrected chi connectivity index (χ2v) is 8.79. The van der Waals surface area contributed by atoms with Crippen molar-refractivity contribution >= 4 is 0 Å². The monoisotopic (exact) mass is 289 g/mol. The van der Waals surface area contributed by atoms with E-state index in [2.05, 4.69) is 44.5 Å². The molecule has 1 aliphatic carbocycles. The number of nitrogens with zero attached hydrogens (tertiary/aromatic N) is 2. The predicted octanol–water partition coefficient (Wildman–Crippen LogP) is 3.97. The van der Waals surface area contributed by atoms with E-state index in [4.69, 9.17) is 4.98 Å². The zero-order valence-corrected chi connectivity index (χ0v) is 14.4. The van der Waals surface area contributed by atoms with Crippen molar-refractivity contribution in [3.8, 4) is 0 Å². The Bertz CT molecular complexity index is 519. The molecule has 0 spiro atoms. The van der Waals surface area contributed by atoms with E-state index < -0.39 is 0 Å². The van der Waals surface area contributed by atoms with Crippen LogP contribution in [0.2, 0.25) is 0 Å². The molecule has 3 rings (SSSR count). The lowest BCUT2D eigenvalue weighted by atomic mass is 9.74. The highest BCUT2D eigenvalue weighted by atomic mass is 15.2. The maximum atomic E-state index is 5.05. The molecule has 0 aromatic carbocycles. The van der Waals surface area contributed by atoms with Crippen LogP contribution >= 0.6 is 0 Å². The Labute approximate surface area is 129 Å². The van der Waals surface area contributed by atoms with Crippen molar-refractivity contribution in [1.82, 2.24) is 14.9 Å². The lowest BCUT2D eigenvalue weighted by Gasteiger charge is -2.38. The molecule has 0 radical (unpaired) electrons. The summed E-state index contributed by atoms with van der Waals surface area (Å²) in [6.45, 7) is 13.8. The lowest BCUT2D eigenvalue weighted by Crippen LogP contribution is -2.31. The largest absolute Gasteiger partial charge is 0.328 e. The second kappa shape index (κ2) is 5.12. The van der Waals surface area contributed by atoms with Gasteiger partial charge in [0.2, 0.25) is 0 Å². The van der Waals surface area contributed by atoms with Crippen LogP contribution in [-0.2, 0) is 18.4 Å². The summed E-state index contributed by atoms with van der Waals surface area (Å²) in [5, 5.41) is 3.48. The van der Waals surface area contributed by atoms with Crippen LogP contribution in [0.25, 0.3) is 0 Å². The first-order valence-electron chi connectivity index (χ1n) is 8.59. The number of nitrogens with one attached hydrogen (secondary N) is 1. The fourth-order valence-corrected chi connectivity index (χ4v) is 4.13. The Balaban J connectivity index is 2.05. The molecular weight excluding hydrogens is 258 g/mol. The first kappa shape index (κ1) is 15.1. The summed E-state index contributed by atoms with van der Waals surface area (Å²) < 4.78 is 2.65. The van der Waals surface area contributed by atoms with Gasteiger partial charge in [0.25, 0.3) is 0 Å². The zero-order chi connectivity index (χ0) is 15.3. The molecule has 118 valence electrons. The highest BCUT2D eigenvalue weighted by Crippen LogP contribution is 2.43. The van der Waals surface area contributed by atoms with Gasteiger partial charge < -0.3 is 9.88 Å². The summed E-state index contributed by atoms with van der Waals surface area (Å²) in [4.78, 5) is 5.05. The van der Waals surface area contributed by atoms with Crippen LogP contribution in [0.3, 0.4) is 0 Å². The van der Waals surface area contributed by atoms with Crippen LogP contribution in [0.5, 0.6) is 0 Å². The molecule has 1 unspecified atom stereocenters. The van der Waals surface area contributed by atoms with E-state index >= 15 is 0 Å². The summed E-state index contributed by atoms with van der Waals surface area (Å²) in [7, 11) is 0. The van der Waals surface area contributed by atoms with E-state index in [0.717, 1.165) is 19.5 Å². The summed E-state index contributed by atoms with van der Waals surface area (Å²) in [5.41, 5.74) is 3.41. The molecule has 0 bridgehead atoms. The molecule has 1 aromatic rings. The number of aromatic nitrogens is 2. The van der Waals surface area contributed by atoms with Crippen LogP contribution in [0.15, 0.2) is 0 Å². The smallest absolute Gasteiger partial charge is 0.114 e. The van der Waals surface area contributed by atoms with Crippen LogP contribution in [0.4, 0.5) is 0 Å². The van der Waals surface area contributed by atoms with E-state index in [1.165, 1.54) is 42.9 Å². The Hall–Kier alpha value is -0.830. The summed E-state index contributed by atoms with van der Waals surface area (Å²) in [6.07, 6.45) is 6.48. The third-order valence-electron chi connectivity index (χ3n) is 5.14. The number of hydrogen-bond acceptors (Lipinski definition) is 2. The van der Waals surface area contributed by atoms with Crippen LogP contribution in [0, 0.1) is 5.41 Å². The molecule has 2 heterocycles. The standard InChI is InChI=1S/C18H31N3/c1-17(2,3)16-20-14-12-19-10-8-15(14)21(16)13-7-6-9-18(4,5)11-13/h13,19H,6-12H2,1-5H3. The molecule has 1 fully saturated rings. The minimum atomic E-state index is 0.124. The Morgan fingerprint density at radius 3 is 2.71 bits per heavy atom. The normalized spacial score (nSPS) is 25.7. The second-order valence-electron chi connectivity index (χ2n) is 8.79. The number of fused-ring (bicyclic) bond motifs is 1. The van der Waals surface area contributed by atoms with Crippen LogP contribution in [0.1, 0.15) is 83.6 Å². The van der Waals surface area contributed by atoms with Crippen molar-refractivity contribution in [1.29, 1.82) is 0 Å². The maximum absolute atomic E-state index is 5.05. The van der Waals surface area contributed by atoms with Crippen LogP contribution < -0.4 is 5.32 Å². The minimum Gasteiger partial charge on any atom is -0.328 e.